The summed E-state index contributed by atoms with van der Waals surface area (Å²) in [6.45, 7) is 0. The van der Waals surface area contributed by atoms with Gasteiger partial charge >= 0.3 is 0 Å². The fourth-order valence-corrected chi connectivity index (χ4v) is 7.99. The van der Waals surface area contributed by atoms with Gasteiger partial charge in [-0.2, -0.15) is 0 Å². The second kappa shape index (κ2) is 10.4. The number of hydrogen-bond donors (Lipinski definition) is 0. The first-order valence-electron chi connectivity index (χ1n) is 17.1. The molecule has 0 aromatic heterocycles. The lowest BCUT2D eigenvalue weighted by Crippen LogP contribution is -2.02. The van der Waals surface area contributed by atoms with E-state index in [-0.39, 0.29) is 0 Å². The van der Waals surface area contributed by atoms with Gasteiger partial charge in [-0.15, -0.1) is 0 Å². The van der Waals surface area contributed by atoms with E-state index in [4.69, 9.17) is 9.47 Å². The van der Waals surface area contributed by atoms with E-state index in [1.54, 1.807) is 0 Å². The summed E-state index contributed by atoms with van der Waals surface area (Å²) >= 11 is 0. The minimum absolute atomic E-state index is 0.858. The zero-order valence-electron chi connectivity index (χ0n) is 27.0. The van der Waals surface area contributed by atoms with Crippen molar-refractivity contribution in [2.45, 2.75) is 0 Å². The molecule has 0 amide bonds. The van der Waals surface area contributed by atoms with Gasteiger partial charge in [-0.3, -0.25) is 0 Å². The third-order valence-electron chi connectivity index (χ3n) is 10.5. The molecule has 0 saturated carbocycles. The monoisotopic (exact) mass is 636 g/mol. The van der Waals surface area contributed by atoms with Gasteiger partial charge < -0.3 is 9.47 Å². The molecule has 9 aromatic rings. The third kappa shape index (κ3) is 4.09. The van der Waals surface area contributed by atoms with Crippen LogP contribution in [0.4, 0.5) is 0 Å². The van der Waals surface area contributed by atoms with E-state index < -0.39 is 0 Å². The molecule has 0 saturated heterocycles. The highest BCUT2D eigenvalue weighted by Gasteiger charge is 2.28. The molecule has 0 atom stereocenters. The molecule has 11 rings (SSSR count). The lowest BCUT2D eigenvalue weighted by Gasteiger charge is -2.27. The number of ether oxygens (including phenoxy) is 2. The molecule has 2 aliphatic rings. The number of rotatable bonds is 3. The maximum absolute atomic E-state index is 6.68. The summed E-state index contributed by atoms with van der Waals surface area (Å²) in [6.07, 6.45) is 0. The Morgan fingerprint density at radius 3 is 1.46 bits per heavy atom. The van der Waals surface area contributed by atoms with Gasteiger partial charge in [-0.1, -0.05) is 127 Å². The molecule has 0 fully saturated rings. The van der Waals surface area contributed by atoms with Crippen LogP contribution in [0.3, 0.4) is 0 Å². The van der Waals surface area contributed by atoms with Crippen LogP contribution in [0.2, 0.25) is 0 Å². The Labute approximate surface area is 289 Å². The van der Waals surface area contributed by atoms with Crippen LogP contribution >= 0.6 is 0 Å². The molecular formula is C48H28O2. The van der Waals surface area contributed by atoms with Crippen molar-refractivity contribution in [2.24, 2.45) is 0 Å². The van der Waals surface area contributed by atoms with Gasteiger partial charge in [0.15, 0.2) is 0 Å². The first kappa shape index (κ1) is 27.3. The Morgan fingerprint density at radius 2 is 0.760 bits per heavy atom. The van der Waals surface area contributed by atoms with Gasteiger partial charge in [0.2, 0.25) is 0 Å². The fourth-order valence-electron chi connectivity index (χ4n) is 7.99. The molecule has 9 aromatic carbocycles. The quantitative estimate of drug-likeness (QED) is 0.192. The van der Waals surface area contributed by atoms with Crippen LogP contribution in [0.5, 0.6) is 23.0 Å². The molecule has 0 N–H and O–H groups in total. The highest BCUT2D eigenvalue weighted by atomic mass is 16.5. The Kier molecular flexibility index (Phi) is 5.70. The van der Waals surface area contributed by atoms with Gasteiger partial charge in [0, 0.05) is 21.9 Å². The second-order valence-electron chi connectivity index (χ2n) is 13.3. The van der Waals surface area contributed by atoms with Crippen LogP contribution in [-0.2, 0) is 0 Å². The molecule has 2 nitrogen and oxygen atoms in total. The maximum Gasteiger partial charge on any atom is 0.136 e. The number of hydrogen-bond acceptors (Lipinski definition) is 2. The van der Waals surface area contributed by atoms with Crippen LogP contribution in [0, 0.1) is 0 Å². The van der Waals surface area contributed by atoms with E-state index in [0.29, 0.717) is 0 Å². The summed E-state index contributed by atoms with van der Waals surface area (Å²) in [5.41, 5.74) is 11.6. The Balaban J connectivity index is 0.954. The minimum Gasteiger partial charge on any atom is -0.456 e. The van der Waals surface area contributed by atoms with E-state index in [0.717, 1.165) is 61.6 Å². The molecule has 2 heteroatoms. The smallest absolute Gasteiger partial charge is 0.136 e. The van der Waals surface area contributed by atoms with Crippen molar-refractivity contribution in [3.05, 3.63) is 170 Å². The van der Waals surface area contributed by atoms with E-state index in [1.165, 1.54) is 49.4 Å². The van der Waals surface area contributed by atoms with Gasteiger partial charge in [0.25, 0.3) is 0 Å². The van der Waals surface area contributed by atoms with Gasteiger partial charge in [-0.25, -0.2) is 0 Å². The average Bonchev–Trinajstić information content (AvgIpc) is 3.18. The summed E-state index contributed by atoms with van der Waals surface area (Å²) < 4.78 is 13.3. The minimum atomic E-state index is 0.858. The molecular weight excluding hydrogens is 609 g/mol. The molecule has 0 radical (unpaired) electrons. The third-order valence-corrected chi connectivity index (χ3v) is 10.5. The number of fused-ring (bicyclic) bond motifs is 6. The molecule has 0 aliphatic carbocycles. The summed E-state index contributed by atoms with van der Waals surface area (Å²) in [6, 6.07) is 60.8. The van der Waals surface area contributed by atoms with Crippen molar-refractivity contribution in [3.8, 4) is 78.6 Å². The van der Waals surface area contributed by atoms with Crippen LogP contribution in [0.1, 0.15) is 0 Å². The van der Waals surface area contributed by atoms with Crippen molar-refractivity contribution in [1.29, 1.82) is 0 Å². The number of benzene rings is 9. The highest BCUT2D eigenvalue weighted by molar-refractivity contribution is 6.14. The molecule has 0 bridgehead atoms. The van der Waals surface area contributed by atoms with E-state index in [1.807, 2.05) is 0 Å². The predicted octanol–water partition coefficient (Wildman–Crippen LogP) is 13.7. The lowest BCUT2D eigenvalue weighted by atomic mass is 9.87. The molecule has 2 heterocycles. The molecule has 232 valence electrons. The molecule has 0 spiro atoms. The summed E-state index contributed by atoms with van der Waals surface area (Å²) in [5.74, 6) is 3.46. The van der Waals surface area contributed by atoms with Crippen molar-refractivity contribution in [3.63, 3.8) is 0 Å². The summed E-state index contributed by atoms with van der Waals surface area (Å²) in [7, 11) is 0. The lowest BCUT2D eigenvalue weighted by molar-refractivity contribution is 0.475. The highest BCUT2D eigenvalue weighted by Crippen LogP contribution is 2.55. The zero-order valence-corrected chi connectivity index (χ0v) is 27.0. The summed E-state index contributed by atoms with van der Waals surface area (Å²) in [4.78, 5) is 0. The molecule has 50 heavy (non-hydrogen) atoms. The van der Waals surface area contributed by atoms with Gasteiger partial charge in [-0.05, 0) is 109 Å². The van der Waals surface area contributed by atoms with E-state index >= 15 is 0 Å². The van der Waals surface area contributed by atoms with E-state index in [9.17, 15) is 0 Å². The van der Waals surface area contributed by atoms with E-state index in [2.05, 4.69) is 170 Å². The van der Waals surface area contributed by atoms with Crippen molar-refractivity contribution >= 4 is 32.3 Å². The molecule has 0 unspecified atom stereocenters. The van der Waals surface area contributed by atoms with Crippen molar-refractivity contribution in [2.75, 3.05) is 0 Å². The standard InChI is InChI=1S/C48H28O2/c1-2-8-33-26-34(17-14-29(33)6-1)36-19-21-40-42-23-22-41-39-20-18-35(27-45(39)49-43-24-25-44(48(42)47(41)43)50-46(40)28-36)30-12-15-32(16-13-30)38-11-5-9-31-7-3-4-10-37(31)38/h1-28H. The molecule has 2 aliphatic heterocycles. The Morgan fingerprint density at radius 1 is 0.260 bits per heavy atom. The predicted molar refractivity (Wildman–Crippen MR) is 206 cm³/mol. The fraction of sp³-hybridized carbons (Fsp3) is 0. The largest absolute Gasteiger partial charge is 0.456 e. The van der Waals surface area contributed by atoms with Crippen molar-refractivity contribution in [1.82, 2.24) is 0 Å². The average molecular weight is 637 g/mol. The topological polar surface area (TPSA) is 18.5 Å². The van der Waals surface area contributed by atoms with Gasteiger partial charge in [0.05, 0.1) is 0 Å². The van der Waals surface area contributed by atoms with Crippen LogP contribution in [-0.4, -0.2) is 0 Å². The summed E-state index contributed by atoms with van der Waals surface area (Å²) in [5, 5.41) is 7.20. The van der Waals surface area contributed by atoms with Crippen LogP contribution in [0.15, 0.2) is 170 Å². The van der Waals surface area contributed by atoms with Crippen molar-refractivity contribution < 1.29 is 9.47 Å². The first-order chi connectivity index (χ1) is 24.7. The second-order valence-corrected chi connectivity index (χ2v) is 13.3. The van der Waals surface area contributed by atoms with Crippen LogP contribution < -0.4 is 9.47 Å². The SMILES string of the molecule is c1ccc2cc(-c3ccc4c(c3)Oc3ccc5c6c(ccc-4c36)-c3ccc(-c4ccc(-c6cccc7ccccc67)cc4)cc3O5)ccc2c1. The Hall–Kier alpha value is -6.64. The van der Waals surface area contributed by atoms with Crippen LogP contribution in [0.25, 0.3) is 88.0 Å². The zero-order chi connectivity index (χ0) is 32.8. The normalized spacial score (nSPS) is 12.3. The van der Waals surface area contributed by atoms with Gasteiger partial charge in [0.1, 0.15) is 23.0 Å². The maximum atomic E-state index is 6.68. The first-order valence-corrected chi connectivity index (χ1v) is 17.1. The Bertz CT molecular complexity index is 2860.